The summed E-state index contributed by atoms with van der Waals surface area (Å²) in [4.78, 5) is 10.3. The van der Waals surface area contributed by atoms with E-state index in [1.54, 1.807) is 0 Å². The first kappa shape index (κ1) is 14.9. The molecule has 2 rings (SSSR count). The van der Waals surface area contributed by atoms with Crippen LogP contribution >= 0.6 is 11.6 Å². The first-order chi connectivity index (χ1) is 9.40. The van der Waals surface area contributed by atoms with Crippen molar-refractivity contribution in [2.24, 2.45) is 0 Å². The van der Waals surface area contributed by atoms with Gasteiger partial charge in [0.05, 0.1) is 11.5 Å². The molecule has 1 aromatic rings. The van der Waals surface area contributed by atoms with E-state index in [-0.39, 0.29) is 23.0 Å². The molecule has 0 spiro atoms. The quantitative estimate of drug-likeness (QED) is 0.461. The highest BCUT2D eigenvalue weighted by atomic mass is 35.5. The van der Waals surface area contributed by atoms with Gasteiger partial charge >= 0.3 is 0 Å². The van der Waals surface area contributed by atoms with Crippen molar-refractivity contribution >= 4 is 23.0 Å². The van der Waals surface area contributed by atoms with E-state index in [4.69, 9.17) is 16.3 Å². The Balaban J connectivity index is 2.20. The summed E-state index contributed by atoms with van der Waals surface area (Å²) in [6.45, 7) is -0.197. The van der Waals surface area contributed by atoms with Crippen molar-refractivity contribution in [3.05, 3.63) is 33.3 Å². The zero-order valence-electron chi connectivity index (χ0n) is 10.1. The van der Waals surface area contributed by atoms with Crippen molar-refractivity contribution in [3.63, 3.8) is 0 Å². The summed E-state index contributed by atoms with van der Waals surface area (Å²) in [6.07, 6.45) is -5.10. The summed E-state index contributed by atoms with van der Waals surface area (Å²) < 4.78 is 5.12. The van der Waals surface area contributed by atoms with Gasteiger partial charge in [-0.25, -0.2) is 0 Å². The molecule has 20 heavy (non-hydrogen) atoms. The van der Waals surface area contributed by atoms with Crippen LogP contribution in [0.1, 0.15) is 0 Å². The van der Waals surface area contributed by atoms with Crippen LogP contribution in [-0.4, -0.2) is 51.4 Å². The van der Waals surface area contributed by atoms with Crippen molar-refractivity contribution in [3.8, 4) is 0 Å². The van der Waals surface area contributed by atoms with Gasteiger partial charge in [0.2, 0.25) is 0 Å². The third-order valence-corrected chi connectivity index (χ3v) is 3.19. The summed E-state index contributed by atoms with van der Waals surface area (Å²) in [6, 6.07) is 3.97. The monoisotopic (exact) mass is 304 g/mol. The van der Waals surface area contributed by atoms with Crippen molar-refractivity contribution in [1.29, 1.82) is 0 Å². The summed E-state index contributed by atoms with van der Waals surface area (Å²) in [5.74, 6) is 0. The lowest BCUT2D eigenvalue weighted by atomic mass is 10.0. The molecule has 8 nitrogen and oxygen atoms in total. The van der Waals surface area contributed by atoms with E-state index in [1.165, 1.54) is 12.1 Å². The average molecular weight is 305 g/mol. The van der Waals surface area contributed by atoms with Gasteiger partial charge in [0.1, 0.15) is 24.0 Å². The first-order valence-corrected chi connectivity index (χ1v) is 6.14. The zero-order chi connectivity index (χ0) is 14.9. The molecule has 1 heterocycles. The van der Waals surface area contributed by atoms with E-state index in [0.29, 0.717) is 0 Å². The Kier molecular flexibility index (Phi) is 4.41. The summed E-state index contributed by atoms with van der Waals surface area (Å²) in [5.41, 5.74) is -0.194. The van der Waals surface area contributed by atoms with Gasteiger partial charge < -0.3 is 25.4 Å². The molecule has 0 aromatic heterocycles. The van der Waals surface area contributed by atoms with E-state index >= 15 is 0 Å². The second-order valence-electron chi connectivity index (χ2n) is 4.37. The minimum atomic E-state index is -1.42. The highest BCUT2D eigenvalue weighted by Crippen LogP contribution is 2.29. The Morgan fingerprint density at radius 3 is 2.70 bits per heavy atom. The van der Waals surface area contributed by atoms with Gasteiger partial charge in [-0.15, -0.1) is 0 Å². The molecule has 0 amide bonds. The summed E-state index contributed by atoms with van der Waals surface area (Å²) in [7, 11) is 0. The highest BCUT2D eigenvalue weighted by Gasteiger charge is 2.38. The highest BCUT2D eigenvalue weighted by molar-refractivity contribution is 6.30. The molecule has 1 aliphatic rings. The predicted octanol–water partition coefficient (Wildman–Crippen LogP) is 0.0991. The smallest absolute Gasteiger partial charge is 0.293 e. The van der Waals surface area contributed by atoms with Crippen LogP contribution in [0.4, 0.5) is 11.4 Å². The maximum absolute atomic E-state index is 10.9. The molecule has 110 valence electrons. The number of nitro groups is 1. The van der Waals surface area contributed by atoms with Gasteiger partial charge in [-0.3, -0.25) is 10.1 Å². The molecule has 0 saturated carbocycles. The van der Waals surface area contributed by atoms with Gasteiger partial charge in [-0.05, 0) is 12.1 Å². The number of ether oxygens (including phenoxy) is 1. The van der Waals surface area contributed by atoms with Gasteiger partial charge in [-0.1, -0.05) is 11.6 Å². The predicted molar refractivity (Wildman–Crippen MR) is 69.5 cm³/mol. The molecule has 1 fully saturated rings. The van der Waals surface area contributed by atoms with E-state index in [0.717, 1.165) is 6.07 Å². The molecule has 1 aromatic carbocycles. The number of benzene rings is 1. The number of halogens is 1. The van der Waals surface area contributed by atoms with Crippen LogP contribution in [-0.2, 0) is 4.74 Å². The standard InChI is InChI=1S/C11H13ClN2O6/c12-5-1-2-6(7(3-5)14(18)19)13-11-10(17)9(16)8(15)4-20-11/h1-3,8-11,13,15-17H,4H2/t8-,9-,10-,11+/m0/s1. The van der Waals surface area contributed by atoms with E-state index in [2.05, 4.69) is 5.32 Å². The largest absolute Gasteiger partial charge is 0.388 e. The summed E-state index contributed by atoms with van der Waals surface area (Å²) >= 11 is 5.69. The molecule has 4 N–H and O–H groups in total. The lowest BCUT2D eigenvalue weighted by Crippen LogP contribution is -2.55. The van der Waals surface area contributed by atoms with Crippen LogP contribution in [0.25, 0.3) is 0 Å². The number of hydrogen-bond donors (Lipinski definition) is 4. The Morgan fingerprint density at radius 2 is 2.05 bits per heavy atom. The fourth-order valence-electron chi connectivity index (χ4n) is 1.86. The number of nitrogens with one attached hydrogen (secondary N) is 1. The molecule has 9 heteroatoms. The minimum Gasteiger partial charge on any atom is -0.388 e. The number of nitrogens with zero attached hydrogens (tertiary/aromatic N) is 1. The maximum Gasteiger partial charge on any atom is 0.293 e. The lowest BCUT2D eigenvalue weighted by molar-refractivity contribution is -0.384. The van der Waals surface area contributed by atoms with E-state index < -0.39 is 29.5 Å². The number of aliphatic hydroxyl groups excluding tert-OH is 3. The minimum absolute atomic E-state index is 0.0899. The molecule has 0 bridgehead atoms. The third kappa shape index (κ3) is 3.00. The fourth-order valence-corrected chi connectivity index (χ4v) is 2.03. The van der Waals surface area contributed by atoms with Crippen molar-refractivity contribution in [2.45, 2.75) is 24.5 Å². The van der Waals surface area contributed by atoms with Crippen molar-refractivity contribution in [2.75, 3.05) is 11.9 Å². The first-order valence-electron chi connectivity index (χ1n) is 5.76. The fraction of sp³-hybridized carbons (Fsp3) is 0.455. The topological polar surface area (TPSA) is 125 Å². The SMILES string of the molecule is O=[N+]([O-])c1cc(Cl)ccc1N[C@@H]1OC[C@H](O)[C@H](O)[C@@H]1O. The van der Waals surface area contributed by atoms with E-state index in [1.807, 2.05) is 0 Å². The lowest BCUT2D eigenvalue weighted by Gasteiger charge is -2.35. The molecule has 0 unspecified atom stereocenters. The Hall–Kier alpha value is -1.45. The number of hydrogen-bond acceptors (Lipinski definition) is 7. The Morgan fingerprint density at radius 1 is 1.35 bits per heavy atom. The molecule has 0 radical (unpaired) electrons. The van der Waals surface area contributed by atoms with E-state index in [9.17, 15) is 25.4 Å². The van der Waals surface area contributed by atoms with Gasteiger partial charge in [0.25, 0.3) is 5.69 Å². The van der Waals surface area contributed by atoms with Crippen molar-refractivity contribution < 1.29 is 25.0 Å². The number of nitro benzene ring substituents is 1. The normalized spacial score (nSPS) is 30.0. The summed E-state index contributed by atoms with van der Waals surface area (Å²) in [5, 5.41) is 42.4. The van der Waals surface area contributed by atoms with Crippen LogP contribution in [0.15, 0.2) is 18.2 Å². The second-order valence-corrected chi connectivity index (χ2v) is 4.80. The number of aliphatic hydroxyl groups is 3. The van der Waals surface area contributed by atoms with Gasteiger partial charge in [-0.2, -0.15) is 0 Å². The van der Waals surface area contributed by atoms with Gasteiger partial charge in [0, 0.05) is 11.1 Å². The van der Waals surface area contributed by atoms with Crippen LogP contribution in [0.2, 0.25) is 5.02 Å². The van der Waals surface area contributed by atoms with Crippen LogP contribution in [0, 0.1) is 10.1 Å². The molecule has 0 aliphatic carbocycles. The molecule has 1 aliphatic heterocycles. The molecule has 1 saturated heterocycles. The number of anilines is 1. The molecule has 4 atom stereocenters. The Labute approximate surface area is 118 Å². The molecular formula is C11H13ClN2O6. The van der Waals surface area contributed by atoms with Gasteiger partial charge in [0.15, 0.2) is 6.23 Å². The third-order valence-electron chi connectivity index (χ3n) is 2.96. The van der Waals surface area contributed by atoms with Crippen LogP contribution in [0.5, 0.6) is 0 Å². The molecular weight excluding hydrogens is 292 g/mol. The maximum atomic E-state index is 10.9. The van der Waals surface area contributed by atoms with Crippen LogP contribution < -0.4 is 5.32 Å². The zero-order valence-corrected chi connectivity index (χ0v) is 10.9. The average Bonchev–Trinajstić information content (AvgIpc) is 2.41. The van der Waals surface area contributed by atoms with Crippen LogP contribution in [0.3, 0.4) is 0 Å². The second kappa shape index (κ2) is 5.90. The Bertz CT molecular complexity index is 514. The number of rotatable bonds is 3. The van der Waals surface area contributed by atoms with Crippen molar-refractivity contribution in [1.82, 2.24) is 0 Å².